The second kappa shape index (κ2) is 13.3. The molecule has 0 atom stereocenters. The third kappa shape index (κ3) is 6.91. The Kier molecular flexibility index (Phi) is 9.38. The molecule has 4 aromatic carbocycles. The highest BCUT2D eigenvalue weighted by Crippen LogP contribution is 2.38. The highest BCUT2D eigenvalue weighted by Gasteiger charge is 2.34. The molecular formula is C33H28IN3O4S. The van der Waals surface area contributed by atoms with Crippen molar-refractivity contribution in [2.45, 2.75) is 33.3 Å². The number of benzene rings is 4. The third-order valence-electron chi connectivity index (χ3n) is 6.75. The molecule has 4 aromatic rings. The minimum atomic E-state index is -0.419. The Morgan fingerprint density at radius 1 is 0.929 bits per heavy atom. The zero-order valence-electron chi connectivity index (χ0n) is 23.1. The topological polar surface area (TPSA) is 85.0 Å². The number of amidine groups is 1. The van der Waals surface area contributed by atoms with Crippen molar-refractivity contribution in [3.8, 4) is 5.75 Å². The molecule has 7 nitrogen and oxygen atoms in total. The number of ether oxygens (including phenoxy) is 1. The number of nitro benzene ring substituents is 1. The number of non-ortho nitro benzene ring substituents is 1. The molecule has 5 rings (SSSR count). The number of aryl methyl sites for hydroxylation is 2. The minimum Gasteiger partial charge on any atom is -0.488 e. The van der Waals surface area contributed by atoms with E-state index in [9.17, 15) is 14.9 Å². The summed E-state index contributed by atoms with van der Waals surface area (Å²) in [4.78, 5) is 31.5. The standard InChI is InChI=1S/C33H28IN3O4S/c1-3-22-8-13-26(14-9-22)35-33-36(27-15-10-23(4-2)11-16-27)32(38)31(42-33)20-24-12-17-30(29(34)19-24)41-21-25-6-5-7-28(18-25)37(39)40/h5-20H,3-4,21H2,1-2H3/b31-20-,35-33?. The van der Waals surface area contributed by atoms with E-state index < -0.39 is 4.92 Å². The van der Waals surface area contributed by atoms with Gasteiger partial charge in [-0.2, -0.15) is 0 Å². The minimum absolute atomic E-state index is 0.0303. The Balaban J connectivity index is 1.40. The Hall–Kier alpha value is -3.96. The van der Waals surface area contributed by atoms with Gasteiger partial charge in [0, 0.05) is 12.1 Å². The number of hydrogen-bond donors (Lipinski definition) is 0. The Bertz CT molecular complexity index is 1680. The van der Waals surface area contributed by atoms with Crippen LogP contribution in [0.4, 0.5) is 17.1 Å². The smallest absolute Gasteiger partial charge is 0.271 e. The van der Waals surface area contributed by atoms with Crippen LogP contribution >= 0.6 is 34.4 Å². The van der Waals surface area contributed by atoms with E-state index in [1.165, 1.54) is 35.0 Å². The lowest BCUT2D eigenvalue weighted by molar-refractivity contribution is -0.384. The number of hydrogen-bond acceptors (Lipinski definition) is 6. The van der Waals surface area contributed by atoms with Crippen LogP contribution < -0.4 is 9.64 Å². The Morgan fingerprint density at radius 2 is 1.62 bits per heavy atom. The van der Waals surface area contributed by atoms with Gasteiger partial charge in [0.05, 0.1) is 24.8 Å². The van der Waals surface area contributed by atoms with Gasteiger partial charge in [0.2, 0.25) is 0 Å². The number of halogens is 1. The molecule has 0 aromatic heterocycles. The fourth-order valence-electron chi connectivity index (χ4n) is 4.37. The molecule has 1 amide bonds. The molecule has 212 valence electrons. The van der Waals surface area contributed by atoms with Crippen LogP contribution in [0.25, 0.3) is 6.08 Å². The molecule has 0 bridgehead atoms. The van der Waals surface area contributed by atoms with Crippen molar-refractivity contribution in [1.82, 2.24) is 0 Å². The van der Waals surface area contributed by atoms with Gasteiger partial charge < -0.3 is 4.74 Å². The predicted octanol–water partition coefficient (Wildman–Crippen LogP) is 8.71. The molecule has 0 spiro atoms. The number of aliphatic imine (C=N–C) groups is 1. The molecule has 0 radical (unpaired) electrons. The fraction of sp³-hybridized carbons (Fsp3) is 0.152. The molecule has 0 saturated carbocycles. The maximum absolute atomic E-state index is 13.7. The maximum atomic E-state index is 13.7. The van der Waals surface area contributed by atoms with Crippen LogP contribution in [-0.2, 0) is 24.2 Å². The molecule has 1 aliphatic rings. The maximum Gasteiger partial charge on any atom is 0.271 e. The average molecular weight is 690 g/mol. The quantitative estimate of drug-likeness (QED) is 0.0760. The Labute approximate surface area is 262 Å². The van der Waals surface area contributed by atoms with E-state index in [2.05, 4.69) is 48.6 Å². The lowest BCUT2D eigenvalue weighted by Crippen LogP contribution is -2.28. The van der Waals surface area contributed by atoms with Gasteiger partial charge in [-0.05, 0) is 112 Å². The van der Waals surface area contributed by atoms with E-state index in [1.807, 2.05) is 60.7 Å². The highest BCUT2D eigenvalue weighted by molar-refractivity contribution is 14.1. The zero-order valence-corrected chi connectivity index (χ0v) is 26.1. The van der Waals surface area contributed by atoms with Gasteiger partial charge in [-0.15, -0.1) is 0 Å². The molecular weight excluding hydrogens is 661 g/mol. The number of thioether (sulfide) groups is 1. The first-order valence-electron chi connectivity index (χ1n) is 13.5. The fourth-order valence-corrected chi connectivity index (χ4v) is 6.07. The summed E-state index contributed by atoms with van der Waals surface area (Å²) in [7, 11) is 0. The van der Waals surface area contributed by atoms with E-state index >= 15 is 0 Å². The lowest BCUT2D eigenvalue weighted by Gasteiger charge is -2.16. The number of rotatable bonds is 9. The molecule has 1 fully saturated rings. The van der Waals surface area contributed by atoms with E-state index in [0.717, 1.165) is 33.4 Å². The average Bonchev–Trinajstić information content (AvgIpc) is 3.30. The SMILES string of the molecule is CCc1ccc(N=C2S/C(=C\c3ccc(OCc4cccc([N+](=O)[O-])c4)c(I)c3)C(=O)N2c2ccc(CC)cc2)cc1. The first-order chi connectivity index (χ1) is 20.3. The first-order valence-corrected chi connectivity index (χ1v) is 15.4. The molecule has 1 aliphatic heterocycles. The summed E-state index contributed by atoms with van der Waals surface area (Å²) in [5.41, 5.74) is 5.59. The van der Waals surface area contributed by atoms with E-state index in [1.54, 1.807) is 17.0 Å². The van der Waals surface area contributed by atoms with Crippen molar-refractivity contribution in [2.75, 3.05) is 4.90 Å². The normalized spacial score (nSPS) is 15.0. The summed E-state index contributed by atoms with van der Waals surface area (Å²) < 4.78 is 6.81. The van der Waals surface area contributed by atoms with Gasteiger partial charge in [0.15, 0.2) is 5.17 Å². The third-order valence-corrected chi connectivity index (χ3v) is 8.56. The largest absolute Gasteiger partial charge is 0.488 e. The number of carbonyl (C=O) groups is 1. The number of nitrogens with zero attached hydrogens (tertiary/aromatic N) is 3. The van der Waals surface area contributed by atoms with Crippen LogP contribution in [0, 0.1) is 13.7 Å². The molecule has 0 aliphatic carbocycles. The van der Waals surface area contributed by atoms with Crippen LogP contribution in [0.2, 0.25) is 0 Å². The van der Waals surface area contributed by atoms with Crippen molar-refractivity contribution in [3.63, 3.8) is 0 Å². The predicted molar refractivity (Wildman–Crippen MR) is 178 cm³/mol. The van der Waals surface area contributed by atoms with Crippen molar-refractivity contribution >= 4 is 68.6 Å². The summed E-state index contributed by atoms with van der Waals surface area (Å²) >= 11 is 3.55. The van der Waals surface area contributed by atoms with Crippen LogP contribution in [0.1, 0.15) is 36.1 Å². The van der Waals surface area contributed by atoms with E-state index in [0.29, 0.717) is 21.4 Å². The summed E-state index contributed by atoms with van der Waals surface area (Å²) in [6.07, 6.45) is 3.74. The van der Waals surface area contributed by atoms with Gasteiger partial charge in [-0.1, -0.05) is 56.3 Å². The summed E-state index contributed by atoms with van der Waals surface area (Å²) in [5, 5.41) is 11.7. The van der Waals surface area contributed by atoms with Crippen molar-refractivity contribution in [3.05, 3.63) is 132 Å². The number of nitro groups is 1. The van der Waals surface area contributed by atoms with Crippen LogP contribution in [0.15, 0.2) is 101 Å². The summed E-state index contributed by atoms with van der Waals surface area (Å²) in [5.74, 6) is 0.527. The lowest BCUT2D eigenvalue weighted by atomic mass is 10.1. The summed E-state index contributed by atoms with van der Waals surface area (Å²) in [6.45, 7) is 4.42. The van der Waals surface area contributed by atoms with Crippen LogP contribution in [-0.4, -0.2) is 16.0 Å². The molecule has 9 heteroatoms. The molecule has 0 N–H and O–H groups in total. The first kappa shape index (κ1) is 29.5. The van der Waals surface area contributed by atoms with Crippen LogP contribution in [0.3, 0.4) is 0 Å². The van der Waals surface area contributed by atoms with Crippen LogP contribution in [0.5, 0.6) is 5.75 Å². The number of amides is 1. The van der Waals surface area contributed by atoms with Gasteiger partial charge >= 0.3 is 0 Å². The number of anilines is 1. The number of carbonyl (C=O) groups excluding carboxylic acids is 1. The van der Waals surface area contributed by atoms with E-state index in [-0.39, 0.29) is 18.2 Å². The van der Waals surface area contributed by atoms with Crippen molar-refractivity contribution < 1.29 is 14.5 Å². The Morgan fingerprint density at radius 3 is 2.26 bits per heavy atom. The molecule has 1 saturated heterocycles. The van der Waals surface area contributed by atoms with Gasteiger partial charge in [-0.3, -0.25) is 19.8 Å². The second-order valence-corrected chi connectivity index (χ2v) is 11.8. The zero-order chi connectivity index (χ0) is 29.6. The van der Waals surface area contributed by atoms with Gasteiger partial charge in [0.1, 0.15) is 12.4 Å². The second-order valence-electron chi connectivity index (χ2n) is 9.59. The molecule has 42 heavy (non-hydrogen) atoms. The van der Waals surface area contributed by atoms with E-state index in [4.69, 9.17) is 9.73 Å². The van der Waals surface area contributed by atoms with Gasteiger partial charge in [-0.25, -0.2) is 4.99 Å². The van der Waals surface area contributed by atoms with Crippen molar-refractivity contribution in [1.29, 1.82) is 0 Å². The van der Waals surface area contributed by atoms with Gasteiger partial charge in [0.25, 0.3) is 11.6 Å². The molecule has 1 heterocycles. The monoisotopic (exact) mass is 689 g/mol. The summed E-state index contributed by atoms with van der Waals surface area (Å²) in [6, 6.07) is 28.2. The highest BCUT2D eigenvalue weighted by atomic mass is 127. The van der Waals surface area contributed by atoms with Crippen molar-refractivity contribution in [2.24, 2.45) is 4.99 Å². The molecule has 0 unspecified atom stereocenters.